The molecular formula is C22H28FN3O4S3. The Morgan fingerprint density at radius 2 is 1.88 bits per heavy atom. The Morgan fingerprint density at radius 1 is 1.21 bits per heavy atom. The van der Waals surface area contributed by atoms with E-state index in [0.717, 1.165) is 15.9 Å². The Hall–Kier alpha value is -2.08. The van der Waals surface area contributed by atoms with Gasteiger partial charge in [-0.05, 0) is 59.7 Å². The standard InChI is InChI=1S/C22H26FN3O4S2.H2S/c1-21(2,3)30-20(28)26-11-16(15-8-7-13(23)9-17(15)26)18(27)19-25-14(12-31-19)10-24-32(29)22(4,5)6;/h7-9,11-12,24H,10H2,1-6H3;1H2/t32-;/m0./s1. The zero-order valence-electron chi connectivity index (χ0n) is 19.3. The number of ether oxygens (including phenoxy) is 1. The zero-order chi connectivity index (χ0) is 23.8. The van der Waals surface area contributed by atoms with E-state index in [9.17, 15) is 18.2 Å². The molecule has 1 atom stereocenters. The number of carbonyl (C=O) groups excluding carboxylic acids is 2. The van der Waals surface area contributed by atoms with E-state index >= 15 is 0 Å². The van der Waals surface area contributed by atoms with E-state index in [1.165, 1.54) is 24.4 Å². The van der Waals surface area contributed by atoms with E-state index in [-0.39, 0.29) is 36.1 Å². The zero-order valence-corrected chi connectivity index (χ0v) is 21.9. The maximum absolute atomic E-state index is 13.9. The summed E-state index contributed by atoms with van der Waals surface area (Å²) in [7, 11) is -1.27. The van der Waals surface area contributed by atoms with Crippen molar-refractivity contribution in [1.29, 1.82) is 0 Å². The number of thiazole rings is 1. The fourth-order valence-corrected chi connectivity index (χ4v) is 4.29. The van der Waals surface area contributed by atoms with Crippen LogP contribution >= 0.6 is 24.8 Å². The number of nitrogens with one attached hydrogen (secondary N) is 1. The van der Waals surface area contributed by atoms with Crippen molar-refractivity contribution in [3.8, 4) is 0 Å². The number of fused-ring (bicyclic) bond motifs is 1. The highest BCUT2D eigenvalue weighted by molar-refractivity contribution is 7.84. The summed E-state index contributed by atoms with van der Waals surface area (Å²) in [5.41, 5.74) is 0.285. The predicted octanol–water partition coefficient (Wildman–Crippen LogP) is 4.92. The van der Waals surface area contributed by atoms with Gasteiger partial charge in [-0.25, -0.2) is 23.1 Å². The minimum Gasteiger partial charge on any atom is -0.443 e. The smallest absolute Gasteiger partial charge is 0.419 e. The summed E-state index contributed by atoms with van der Waals surface area (Å²) in [6.45, 7) is 11.0. The van der Waals surface area contributed by atoms with Gasteiger partial charge in [0.2, 0.25) is 5.78 Å². The van der Waals surface area contributed by atoms with Crippen LogP contribution in [0.25, 0.3) is 10.9 Å². The van der Waals surface area contributed by atoms with Crippen molar-refractivity contribution in [3.05, 3.63) is 51.9 Å². The molecule has 0 radical (unpaired) electrons. The Kier molecular flexibility index (Phi) is 8.27. The van der Waals surface area contributed by atoms with Crippen LogP contribution in [-0.2, 0) is 22.3 Å². The van der Waals surface area contributed by atoms with E-state index < -0.39 is 39.0 Å². The van der Waals surface area contributed by atoms with E-state index in [2.05, 4.69) is 9.71 Å². The highest BCUT2D eigenvalue weighted by Gasteiger charge is 2.25. The van der Waals surface area contributed by atoms with Crippen molar-refractivity contribution in [3.63, 3.8) is 0 Å². The topological polar surface area (TPSA) is 90.3 Å². The third-order valence-electron chi connectivity index (χ3n) is 4.29. The monoisotopic (exact) mass is 513 g/mol. The lowest BCUT2D eigenvalue weighted by molar-refractivity contribution is 0.0544. The third-order valence-corrected chi connectivity index (χ3v) is 6.70. The summed E-state index contributed by atoms with van der Waals surface area (Å²) >= 11 is 1.15. The first kappa shape index (κ1) is 27.2. The fourth-order valence-electron chi connectivity index (χ4n) is 2.81. The first-order chi connectivity index (χ1) is 14.8. The number of rotatable bonds is 5. The van der Waals surface area contributed by atoms with Crippen LogP contribution in [0, 0.1) is 5.82 Å². The molecule has 33 heavy (non-hydrogen) atoms. The lowest BCUT2D eigenvalue weighted by Gasteiger charge is -2.19. The van der Waals surface area contributed by atoms with E-state index in [1.807, 2.05) is 20.8 Å². The molecule has 2 heterocycles. The van der Waals surface area contributed by atoms with Crippen LogP contribution in [0.3, 0.4) is 0 Å². The summed E-state index contributed by atoms with van der Waals surface area (Å²) in [6.07, 6.45) is 0.648. The minimum atomic E-state index is -1.27. The number of halogens is 1. The number of ketones is 1. The van der Waals surface area contributed by atoms with Crippen molar-refractivity contribution < 1.29 is 22.9 Å². The fraction of sp³-hybridized carbons (Fsp3) is 0.409. The van der Waals surface area contributed by atoms with Crippen LogP contribution in [0.2, 0.25) is 0 Å². The molecule has 0 spiro atoms. The summed E-state index contributed by atoms with van der Waals surface area (Å²) in [6, 6.07) is 3.88. The van der Waals surface area contributed by atoms with Crippen molar-refractivity contribution in [2.24, 2.45) is 0 Å². The van der Waals surface area contributed by atoms with Gasteiger partial charge in [0.05, 0.1) is 39.1 Å². The molecule has 0 fully saturated rings. The van der Waals surface area contributed by atoms with Gasteiger partial charge in [0.15, 0.2) is 5.01 Å². The quantitative estimate of drug-likeness (QED) is 0.489. The number of nitrogens with zero attached hydrogens (tertiary/aromatic N) is 2. The molecule has 180 valence electrons. The minimum absolute atomic E-state index is 0. The molecule has 11 heteroatoms. The van der Waals surface area contributed by atoms with Crippen LogP contribution in [0.5, 0.6) is 0 Å². The highest BCUT2D eigenvalue weighted by atomic mass is 32.2. The van der Waals surface area contributed by atoms with Crippen LogP contribution in [-0.4, -0.2) is 36.0 Å². The average molecular weight is 514 g/mol. The lowest BCUT2D eigenvalue weighted by atomic mass is 10.1. The van der Waals surface area contributed by atoms with Crippen LogP contribution in [0.1, 0.15) is 62.6 Å². The van der Waals surface area contributed by atoms with Crippen molar-refractivity contribution >= 4 is 58.6 Å². The second kappa shape index (κ2) is 10.0. The first-order valence-corrected chi connectivity index (χ1v) is 12.0. The predicted molar refractivity (Wildman–Crippen MR) is 134 cm³/mol. The number of hydrogen-bond donors (Lipinski definition) is 1. The second-order valence-corrected chi connectivity index (χ2v) is 12.1. The molecule has 0 saturated heterocycles. The molecule has 3 aromatic rings. The Bertz CT molecular complexity index is 1210. The summed E-state index contributed by atoms with van der Waals surface area (Å²) in [5, 5.41) is 2.36. The Morgan fingerprint density at radius 3 is 2.48 bits per heavy atom. The van der Waals surface area contributed by atoms with E-state index in [0.29, 0.717) is 11.1 Å². The van der Waals surface area contributed by atoms with E-state index in [1.54, 1.807) is 26.2 Å². The van der Waals surface area contributed by atoms with Gasteiger partial charge in [0.25, 0.3) is 0 Å². The summed E-state index contributed by atoms with van der Waals surface area (Å²) < 4.78 is 35.1. The number of benzene rings is 1. The molecule has 1 aromatic carbocycles. The average Bonchev–Trinajstić information content (AvgIpc) is 3.28. The second-order valence-electron chi connectivity index (χ2n) is 9.23. The normalized spacial score (nSPS) is 12.9. The van der Waals surface area contributed by atoms with Gasteiger partial charge in [-0.2, -0.15) is 13.5 Å². The van der Waals surface area contributed by atoms with Crippen molar-refractivity contribution in [2.45, 2.75) is 58.4 Å². The molecule has 2 aromatic heterocycles. The maximum atomic E-state index is 13.9. The Labute approximate surface area is 205 Å². The Balaban J connectivity index is 0.00000385. The SMILES string of the molecule is CC(C)(C)OC(=O)n1cc(C(=O)c2nc(CN[S@@](=O)C(C)(C)C)cs2)c2ccc(F)cc21.S. The largest absolute Gasteiger partial charge is 0.443 e. The van der Waals surface area contributed by atoms with E-state index in [4.69, 9.17) is 4.74 Å². The molecular weight excluding hydrogens is 485 g/mol. The van der Waals surface area contributed by atoms with Crippen LogP contribution < -0.4 is 4.72 Å². The maximum Gasteiger partial charge on any atom is 0.419 e. The van der Waals surface area contributed by atoms with Gasteiger partial charge < -0.3 is 4.74 Å². The molecule has 0 bridgehead atoms. The van der Waals surface area contributed by atoms with Crippen molar-refractivity contribution in [2.75, 3.05) is 0 Å². The first-order valence-electron chi connectivity index (χ1n) is 9.95. The summed E-state index contributed by atoms with van der Waals surface area (Å²) in [4.78, 5) is 30.2. The van der Waals surface area contributed by atoms with Gasteiger partial charge in [-0.3, -0.25) is 9.36 Å². The van der Waals surface area contributed by atoms with Gasteiger partial charge in [-0.15, -0.1) is 11.3 Å². The number of carbonyl (C=O) groups is 2. The number of aromatic nitrogens is 2. The van der Waals surface area contributed by atoms with Gasteiger partial charge in [0, 0.05) is 17.0 Å². The molecule has 0 aliphatic rings. The van der Waals surface area contributed by atoms with Crippen molar-refractivity contribution in [1.82, 2.24) is 14.3 Å². The molecule has 3 rings (SSSR count). The van der Waals surface area contributed by atoms with Gasteiger partial charge in [0.1, 0.15) is 11.4 Å². The molecule has 7 nitrogen and oxygen atoms in total. The molecule has 0 aliphatic heterocycles. The highest BCUT2D eigenvalue weighted by Crippen LogP contribution is 2.27. The summed E-state index contributed by atoms with van der Waals surface area (Å²) in [5.74, 6) is -0.925. The molecule has 0 aliphatic carbocycles. The molecule has 1 N–H and O–H groups in total. The molecule has 0 unspecified atom stereocenters. The third kappa shape index (κ3) is 6.50. The number of hydrogen-bond acceptors (Lipinski definition) is 6. The molecule has 0 saturated carbocycles. The van der Waals surface area contributed by atoms with Crippen LogP contribution in [0.15, 0.2) is 29.8 Å². The van der Waals surface area contributed by atoms with Gasteiger partial charge in [-0.1, -0.05) is 0 Å². The lowest BCUT2D eigenvalue weighted by Crippen LogP contribution is -2.32. The van der Waals surface area contributed by atoms with Crippen LogP contribution in [0.4, 0.5) is 9.18 Å². The molecule has 0 amide bonds. The van der Waals surface area contributed by atoms with Gasteiger partial charge >= 0.3 is 6.09 Å².